The van der Waals surface area contributed by atoms with Gasteiger partial charge in [0.2, 0.25) is 0 Å². The van der Waals surface area contributed by atoms with Crippen molar-refractivity contribution in [1.29, 1.82) is 0 Å². The second kappa shape index (κ2) is 13.9. The summed E-state index contributed by atoms with van der Waals surface area (Å²) in [6, 6.07) is 10.5. The van der Waals surface area contributed by atoms with Gasteiger partial charge in [-0.3, -0.25) is 0 Å². The van der Waals surface area contributed by atoms with Gasteiger partial charge < -0.3 is 29.9 Å². The lowest BCUT2D eigenvalue weighted by molar-refractivity contribution is -0.140. The molecule has 0 aliphatic carbocycles. The van der Waals surface area contributed by atoms with Gasteiger partial charge >= 0.3 is 11.9 Å². The quantitative estimate of drug-likeness (QED) is 0.133. The first kappa shape index (κ1) is 28.3. The van der Waals surface area contributed by atoms with Crippen molar-refractivity contribution in [2.75, 3.05) is 13.2 Å². The molecular formula is C30H32O8. The molecule has 1 aliphatic heterocycles. The number of aliphatic hydroxyl groups excluding tert-OH is 1. The molecule has 0 radical (unpaired) electrons. The molecule has 0 fully saturated rings. The van der Waals surface area contributed by atoms with Crippen LogP contribution in [0.25, 0.3) is 6.08 Å². The van der Waals surface area contributed by atoms with Crippen LogP contribution in [-0.4, -0.2) is 45.6 Å². The predicted molar refractivity (Wildman–Crippen MR) is 142 cm³/mol. The SMILES string of the molecule is C/C(=C\CC/C(=C/CCC1=C[C@H](c2cc(O)ccc2O)OC1=O)CO)COC(=O)/C=C\c1ccc(O)cc1. The summed E-state index contributed by atoms with van der Waals surface area (Å²) in [6.07, 6.45) is 9.88. The number of carbonyl (C=O) groups is 2. The average Bonchev–Trinajstić information content (AvgIpc) is 3.27. The van der Waals surface area contributed by atoms with Crippen molar-refractivity contribution in [3.63, 3.8) is 0 Å². The molecule has 0 spiro atoms. The van der Waals surface area contributed by atoms with E-state index in [-0.39, 0.29) is 30.5 Å². The molecule has 3 rings (SSSR count). The first-order valence-electron chi connectivity index (χ1n) is 12.3. The van der Waals surface area contributed by atoms with Crippen molar-refractivity contribution < 1.29 is 39.5 Å². The fraction of sp³-hybridized carbons (Fsp3) is 0.267. The maximum Gasteiger partial charge on any atom is 0.334 e. The molecule has 1 aliphatic rings. The van der Waals surface area contributed by atoms with Gasteiger partial charge in [-0.25, -0.2) is 9.59 Å². The number of ether oxygens (including phenoxy) is 2. The zero-order chi connectivity index (χ0) is 27.5. The summed E-state index contributed by atoms with van der Waals surface area (Å²) in [4.78, 5) is 24.1. The molecule has 200 valence electrons. The highest BCUT2D eigenvalue weighted by molar-refractivity contribution is 5.91. The minimum absolute atomic E-state index is 0.0314. The summed E-state index contributed by atoms with van der Waals surface area (Å²) in [5.74, 6) is -0.881. The number of allylic oxidation sites excluding steroid dienone is 2. The van der Waals surface area contributed by atoms with E-state index in [1.807, 2.05) is 19.1 Å². The maximum atomic E-state index is 12.2. The molecule has 1 atom stereocenters. The highest BCUT2D eigenvalue weighted by Crippen LogP contribution is 2.36. The Balaban J connectivity index is 1.42. The zero-order valence-corrected chi connectivity index (χ0v) is 21.2. The summed E-state index contributed by atoms with van der Waals surface area (Å²) in [6.45, 7) is 1.91. The second-order valence-electron chi connectivity index (χ2n) is 8.94. The molecule has 0 unspecified atom stereocenters. The van der Waals surface area contributed by atoms with Crippen LogP contribution in [0.1, 0.15) is 49.8 Å². The van der Waals surface area contributed by atoms with Crippen LogP contribution in [0.2, 0.25) is 0 Å². The van der Waals surface area contributed by atoms with Crippen molar-refractivity contribution in [2.24, 2.45) is 0 Å². The standard InChI is InChI=1S/C30H32O8/c1-20(19-37-29(35)15-10-21-8-11-24(32)12-9-21)4-2-5-22(18-31)6-3-7-23-16-28(38-30(23)36)26-17-25(33)13-14-27(26)34/h4,6,8-17,28,31-34H,2-3,5,7,18-19H2,1H3/b15-10-,20-4+,22-6-/t28-/m1/s1. The number of hydrogen-bond acceptors (Lipinski definition) is 8. The van der Waals surface area contributed by atoms with Crippen molar-refractivity contribution in [3.05, 3.63) is 94.6 Å². The van der Waals surface area contributed by atoms with Crippen LogP contribution >= 0.6 is 0 Å². The Morgan fingerprint density at radius 2 is 1.76 bits per heavy atom. The van der Waals surface area contributed by atoms with Crippen LogP contribution in [0.3, 0.4) is 0 Å². The average molecular weight is 521 g/mol. The lowest BCUT2D eigenvalue weighted by Crippen LogP contribution is -2.03. The van der Waals surface area contributed by atoms with E-state index in [0.29, 0.717) is 36.8 Å². The predicted octanol–water partition coefficient (Wildman–Crippen LogP) is 5.01. The van der Waals surface area contributed by atoms with Crippen molar-refractivity contribution in [3.8, 4) is 17.2 Å². The normalized spacial score (nSPS) is 16.0. The minimum Gasteiger partial charge on any atom is -0.508 e. The third-order valence-corrected chi connectivity index (χ3v) is 5.92. The second-order valence-corrected chi connectivity index (χ2v) is 8.94. The molecule has 0 saturated heterocycles. The van der Waals surface area contributed by atoms with E-state index in [9.17, 15) is 30.0 Å². The molecule has 8 nitrogen and oxygen atoms in total. The van der Waals surface area contributed by atoms with E-state index in [0.717, 1.165) is 16.7 Å². The molecule has 2 aromatic rings. The Bertz CT molecular complexity index is 1250. The Hall–Kier alpha value is -4.30. The number of benzene rings is 2. The summed E-state index contributed by atoms with van der Waals surface area (Å²) in [5, 5.41) is 38.6. The number of rotatable bonds is 12. The lowest BCUT2D eigenvalue weighted by Gasteiger charge is -2.10. The Morgan fingerprint density at radius 3 is 2.50 bits per heavy atom. The van der Waals surface area contributed by atoms with E-state index in [2.05, 4.69) is 0 Å². The Labute approximate surface area is 221 Å². The van der Waals surface area contributed by atoms with E-state index in [1.54, 1.807) is 24.3 Å². The lowest BCUT2D eigenvalue weighted by atomic mass is 10.0. The molecule has 8 heteroatoms. The third-order valence-electron chi connectivity index (χ3n) is 5.92. The fourth-order valence-corrected chi connectivity index (χ4v) is 3.81. The zero-order valence-electron chi connectivity index (χ0n) is 21.2. The van der Waals surface area contributed by atoms with Gasteiger partial charge in [0.05, 0.1) is 6.61 Å². The molecular weight excluding hydrogens is 488 g/mol. The topological polar surface area (TPSA) is 134 Å². The molecule has 0 aromatic heterocycles. The smallest absolute Gasteiger partial charge is 0.334 e. The van der Waals surface area contributed by atoms with Gasteiger partial charge in [-0.2, -0.15) is 0 Å². The van der Waals surface area contributed by atoms with Crippen LogP contribution in [0.5, 0.6) is 17.2 Å². The number of aromatic hydroxyl groups is 3. The molecule has 4 N–H and O–H groups in total. The summed E-state index contributed by atoms with van der Waals surface area (Å²) >= 11 is 0. The van der Waals surface area contributed by atoms with E-state index in [1.165, 1.54) is 36.4 Å². The number of esters is 2. The van der Waals surface area contributed by atoms with Crippen molar-refractivity contribution in [1.82, 2.24) is 0 Å². The third kappa shape index (κ3) is 8.67. The summed E-state index contributed by atoms with van der Waals surface area (Å²) in [7, 11) is 0. The molecule has 0 bridgehead atoms. The van der Waals surface area contributed by atoms with Gasteiger partial charge in [-0.15, -0.1) is 0 Å². The highest BCUT2D eigenvalue weighted by atomic mass is 16.5. The first-order valence-corrected chi connectivity index (χ1v) is 12.3. The van der Waals surface area contributed by atoms with Crippen LogP contribution in [-0.2, 0) is 19.1 Å². The van der Waals surface area contributed by atoms with Crippen LogP contribution in [0.15, 0.2) is 83.5 Å². The van der Waals surface area contributed by atoms with Gasteiger partial charge in [-0.1, -0.05) is 24.3 Å². The molecule has 1 heterocycles. The fourth-order valence-electron chi connectivity index (χ4n) is 3.81. The monoisotopic (exact) mass is 520 g/mol. The number of cyclic esters (lactones) is 1. The highest BCUT2D eigenvalue weighted by Gasteiger charge is 2.28. The van der Waals surface area contributed by atoms with Crippen molar-refractivity contribution >= 4 is 18.0 Å². The van der Waals surface area contributed by atoms with Gasteiger partial charge in [0.15, 0.2) is 0 Å². The number of hydrogen-bond donors (Lipinski definition) is 4. The first-order chi connectivity index (χ1) is 18.2. The molecule has 0 amide bonds. The maximum absolute atomic E-state index is 12.2. The Kier molecular flexibility index (Phi) is 10.3. The van der Waals surface area contributed by atoms with Gasteiger partial charge in [-0.05, 0) is 91.8 Å². The largest absolute Gasteiger partial charge is 0.508 e. The minimum atomic E-state index is -0.753. The molecule has 2 aromatic carbocycles. The van der Waals surface area contributed by atoms with Crippen molar-refractivity contribution in [2.45, 2.75) is 38.7 Å². The van der Waals surface area contributed by atoms with Crippen LogP contribution in [0.4, 0.5) is 0 Å². The van der Waals surface area contributed by atoms with E-state index < -0.39 is 18.0 Å². The van der Waals surface area contributed by atoms with Gasteiger partial charge in [0.25, 0.3) is 0 Å². The van der Waals surface area contributed by atoms with Gasteiger partial charge in [0, 0.05) is 17.2 Å². The Morgan fingerprint density at radius 1 is 1.03 bits per heavy atom. The summed E-state index contributed by atoms with van der Waals surface area (Å²) in [5.41, 5.74) is 3.28. The number of phenols is 3. The number of carbonyl (C=O) groups excluding carboxylic acids is 2. The molecule has 0 saturated carbocycles. The molecule has 38 heavy (non-hydrogen) atoms. The van der Waals surface area contributed by atoms with E-state index >= 15 is 0 Å². The summed E-state index contributed by atoms with van der Waals surface area (Å²) < 4.78 is 10.6. The van der Waals surface area contributed by atoms with Crippen LogP contribution < -0.4 is 0 Å². The van der Waals surface area contributed by atoms with Crippen LogP contribution in [0, 0.1) is 0 Å². The number of aliphatic hydroxyl groups is 1. The van der Waals surface area contributed by atoms with Gasteiger partial charge in [0.1, 0.15) is 30.0 Å². The van der Waals surface area contributed by atoms with E-state index in [4.69, 9.17) is 9.47 Å². The number of phenolic OH excluding ortho intramolecular Hbond substituents is 3.